The van der Waals surface area contributed by atoms with Crippen molar-refractivity contribution in [2.45, 2.75) is 51.7 Å². The maximum atomic E-state index is 12.3. The third-order valence-electron chi connectivity index (χ3n) is 3.87. The first-order valence-corrected chi connectivity index (χ1v) is 8.51. The number of carbonyl (C=O) groups excluding carboxylic acids is 2. The summed E-state index contributed by atoms with van der Waals surface area (Å²) in [6, 6.07) is 5.35. The molecule has 0 aliphatic carbocycles. The molecule has 1 aromatic rings. The van der Waals surface area contributed by atoms with Gasteiger partial charge in [0, 0.05) is 25.3 Å². The molecular weight excluding hydrogens is 306 g/mol. The fraction of sp³-hybridized carbons (Fsp3) is 0.611. The Hall–Kier alpha value is -1.95. The van der Waals surface area contributed by atoms with E-state index in [2.05, 4.69) is 10.3 Å². The Kier molecular flexibility index (Phi) is 6.31. The normalized spacial score (nSPS) is 18.3. The van der Waals surface area contributed by atoms with Gasteiger partial charge in [0.1, 0.15) is 11.3 Å². The van der Waals surface area contributed by atoms with Crippen LogP contribution < -0.4 is 5.32 Å². The van der Waals surface area contributed by atoms with Gasteiger partial charge in [-0.1, -0.05) is 6.07 Å². The molecule has 1 atom stereocenters. The zero-order valence-electron chi connectivity index (χ0n) is 14.7. The van der Waals surface area contributed by atoms with Gasteiger partial charge in [0.25, 0.3) is 0 Å². The summed E-state index contributed by atoms with van der Waals surface area (Å²) >= 11 is 0. The van der Waals surface area contributed by atoms with Gasteiger partial charge >= 0.3 is 6.09 Å². The van der Waals surface area contributed by atoms with Crippen LogP contribution in [0.3, 0.4) is 0 Å². The number of hydrogen-bond acceptors (Lipinski definition) is 5. The van der Waals surface area contributed by atoms with Crippen LogP contribution in [0, 0.1) is 0 Å². The summed E-state index contributed by atoms with van der Waals surface area (Å²) in [5.74, 6) is -0.0461. The number of ketones is 1. The fourth-order valence-corrected chi connectivity index (χ4v) is 2.74. The van der Waals surface area contributed by atoms with Crippen molar-refractivity contribution in [2.75, 3.05) is 19.6 Å². The van der Waals surface area contributed by atoms with Crippen molar-refractivity contribution in [1.29, 1.82) is 0 Å². The fourth-order valence-electron chi connectivity index (χ4n) is 2.74. The van der Waals surface area contributed by atoms with Crippen molar-refractivity contribution in [2.24, 2.45) is 0 Å². The molecule has 6 nitrogen and oxygen atoms in total. The Labute approximate surface area is 143 Å². The van der Waals surface area contributed by atoms with Crippen molar-refractivity contribution in [3.63, 3.8) is 0 Å². The van der Waals surface area contributed by atoms with E-state index >= 15 is 0 Å². The molecule has 0 spiro atoms. The van der Waals surface area contributed by atoms with E-state index < -0.39 is 5.60 Å². The first kappa shape index (κ1) is 18.4. The molecule has 2 rings (SSSR count). The predicted octanol–water partition coefficient (Wildman–Crippen LogP) is 2.64. The molecule has 0 aromatic carbocycles. The molecule has 0 radical (unpaired) electrons. The van der Waals surface area contributed by atoms with Crippen LogP contribution >= 0.6 is 0 Å². The largest absolute Gasteiger partial charge is 0.444 e. The summed E-state index contributed by atoms with van der Waals surface area (Å²) < 4.78 is 5.49. The van der Waals surface area contributed by atoms with Crippen molar-refractivity contribution >= 4 is 11.9 Å². The van der Waals surface area contributed by atoms with E-state index in [1.54, 1.807) is 29.3 Å². The number of likely N-dealkylation sites (tertiary alicyclic amines) is 1. The predicted molar refractivity (Wildman–Crippen MR) is 92.0 cm³/mol. The topological polar surface area (TPSA) is 71.5 Å². The minimum atomic E-state index is -0.499. The molecule has 1 fully saturated rings. The maximum absolute atomic E-state index is 12.3. The van der Waals surface area contributed by atoms with E-state index in [0.29, 0.717) is 18.8 Å². The summed E-state index contributed by atoms with van der Waals surface area (Å²) in [4.78, 5) is 30.2. The van der Waals surface area contributed by atoms with E-state index in [4.69, 9.17) is 4.74 Å². The molecule has 1 N–H and O–H groups in total. The molecule has 1 unspecified atom stereocenters. The van der Waals surface area contributed by atoms with Gasteiger partial charge in [-0.15, -0.1) is 0 Å². The smallest absolute Gasteiger partial charge is 0.410 e. The number of hydrogen-bond donors (Lipinski definition) is 1. The number of nitrogens with one attached hydrogen (secondary N) is 1. The van der Waals surface area contributed by atoms with E-state index in [9.17, 15) is 9.59 Å². The minimum absolute atomic E-state index is 0.0461. The van der Waals surface area contributed by atoms with Gasteiger partial charge in [-0.2, -0.15) is 0 Å². The highest BCUT2D eigenvalue weighted by Crippen LogP contribution is 2.20. The van der Waals surface area contributed by atoms with Gasteiger partial charge in [0.2, 0.25) is 0 Å². The third-order valence-corrected chi connectivity index (χ3v) is 3.87. The van der Waals surface area contributed by atoms with Crippen LogP contribution in [0.4, 0.5) is 4.79 Å². The number of amides is 1. The van der Waals surface area contributed by atoms with Crippen LogP contribution in [0.1, 0.15) is 50.5 Å². The summed E-state index contributed by atoms with van der Waals surface area (Å²) in [7, 11) is 0. The number of aromatic nitrogens is 1. The van der Waals surface area contributed by atoms with Gasteiger partial charge in [-0.3, -0.25) is 9.78 Å². The number of rotatable bonds is 5. The quantitative estimate of drug-likeness (QED) is 0.839. The van der Waals surface area contributed by atoms with E-state index in [0.717, 1.165) is 19.3 Å². The second-order valence-electron chi connectivity index (χ2n) is 7.09. The van der Waals surface area contributed by atoms with Crippen LogP contribution in [0.15, 0.2) is 24.4 Å². The molecular formula is C18H27N3O3. The lowest BCUT2D eigenvalue weighted by atomic mass is 10.0. The van der Waals surface area contributed by atoms with Crippen molar-refractivity contribution < 1.29 is 14.3 Å². The van der Waals surface area contributed by atoms with Crippen LogP contribution in [0.25, 0.3) is 0 Å². The molecule has 6 heteroatoms. The SMILES string of the molecule is CC(C)(C)OC(=O)N1CCCCC1CNCC(=O)c1ccccn1. The first-order valence-electron chi connectivity index (χ1n) is 8.51. The summed E-state index contributed by atoms with van der Waals surface area (Å²) in [6.45, 7) is 7.11. The van der Waals surface area contributed by atoms with Gasteiger partial charge in [0.15, 0.2) is 5.78 Å². The number of Topliss-reactive ketones (excluding diaryl/α,β-unsaturated/α-hetero) is 1. The lowest BCUT2D eigenvalue weighted by molar-refractivity contribution is 0.0101. The van der Waals surface area contributed by atoms with E-state index in [1.807, 2.05) is 20.8 Å². The number of pyridine rings is 1. The number of piperidine rings is 1. The Morgan fingerprint density at radius 3 is 2.79 bits per heavy atom. The van der Waals surface area contributed by atoms with E-state index in [1.165, 1.54) is 0 Å². The Balaban J connectivity index is 1.85. The highest BCUT2D eigenvalue weighted by atomic mass is 16.6. The van der Waals surface area contributed by atoms with Crippen molar-refractivity contribution in [1.82, 2.24) is 15.2 Å². The van der Waals surface area contributed by atoms with Crippen molar-refractivity contribution in [3.8, 4) is 0 Å². The molecule has 132 valence electrons. The van der Waals surface area contributed by atoms with Gasteiger partial charge < -0.3 is 15.0 Å². The molecule has 0 saturated carbocycles. The molecule has 1 aromatic heterocycles. The third kappa shape index (κ3) is 5.60. The number of carbonyl (C=O) groups is 2. The molecule has 0 bridgehead atoms. The second kappa shape index (κ2) is 8.24. The van der Waals surface area contributed by atoms with Crippen LogP contribution in [-0.4, -0.2) is 53.0 Å². The van der Waals surface area contributed by atoms with Gasteiger partial charge in [-0.25, -0.2) is 4.79 Å². The lowest BCUT2D eigenvalue weighted by Crippen LogP contribution is -2.50. The Morgan fingerprint density at radius 2 is 2.12 bits per heavy atom. The molecule has 1 amide bonds. The monoisotopic (exact) mass is 333 g/mol. The highest BCUT2D eigenvalue weighted by Gasteiger charge is 2.30. The van der Waals surface area contributed by atoms with E-state index in [-0.39, 0.29) is 24.5 Å². The summed E-state index contributed by atoms with van der Waals surface area (Å²) in [5.41, 5.74) is -0.0424. The minimum Gasteiger partial charge on any atom is -0.444 e. The Bertz CT molecular complexity index is 554. The average molecular weight is 333 g/mol. The van der Waals surface area contributed by atoms with Gasteiger partial charge in [0.05, 0.1) is 6.54 Å². The molecule has 1 aliphatic heterocycles. The first-order chi connectivity index (χ1) is 11.4. The average Bonchev–Trinajstić information content (AvgIpc) is 2.54. The molecule has 2 heterocycles. The number of ether oxygens (including phenoxy) is 1. The highest BCUT2D eigenvalue weighted by molar-refractivity contribution is 5.95. The van der Waals surface area contributed by atoms with Crippen LogP contribution in [0.2, 0.25) is 0 Å². The standard InChI is InChI=1S/C18H27N3O3/c1-18(2,3)24-17(23)21-11-7-5-8-14(21)12-19-13-16(22)15-9-4-6-10-20-15/h4,6,9-10,14,19H,5,7-8,11-13H2,1-3H3. The Morgan fingerprint density at radius 1 is 1.33 bits per heavy atom. The van der Waals surface area contributed by atoms with Crippen LogP contribution in [0.5, 0.6) is 0 Å². The lowest BCUT2D eigenvalue weighted by Gasteiger charge is -2.36. The van der Waals surface area contributed by atoms with Crippen LogP contribution in [-0.2, 0) is 4.74 Å². The molecule has 1 aliphatic rings. The molecule has 24 heavy (non-hydrogen) atoms. The number of nitrogens with zero attached hydrogens (tertiary/aromatic N) is 2. The summed E-state index contributed by atoms with van der Waals surface area (Å²) in [5, 5.41) is 3.16. The van der Waals surface area contributed by atoms with Crippen molar-refractivity contribution in [3.05, 3.63) is 30.1 Å². The van der Waals surface area contributed by atoms with Gasteiger partial charge in [-0.05, 0) is 52.2 Å². The summed E-state index contributed by atoms with van der Waals surface area (Å²) in [6.07, 6.45) is 4.33. The molecule has 1 saturated heterocycles. The zero-order valence-corrected chi connectivity index (χ0v) is 14.7. The maximum Gasteiger partial charge on any atom is 0.410 e. The second-order valence-corrected chi connectivity index (χ2v) is 7.09. The zero-order chi connectivity index (χ0) is 17.6.